The van der Waals surface area contributed by atoms with E-state index in [1.165, 1.54) is 12.1 Å². The molecule has 0 unspecified atom stereocenters. The molecule has 1 amide bonds. The van der Waals surface area contributed by atoms with E-state index < -0.39 is 11.7 Å². The molecule has 0 fully saturated rings. The molecule has 0 bridgehead atoms. The Morgan fingerprint density at radius 2 is 1.68 bits per heavy atom. The maximum atomic E-state index is 13.2. The van der Waals surface area contributed by atoms with Crippen molar-refractivity contribution in [2.24, 2.45) is 0 Å². The molecule has 0 radical (unpaired) electrons. The highest BCUT2D eigenvalue weighted by Crippen LogP contribution is 2.34. The van der Waals surface area contributed by atoms with Crippen LogP contribution >= 0.6 is 23.2 Å². The second kappa shape index (κ2) is 8.70. The standard InChI is InChI=1S/C25H15Cl2N3O4/c26-14-7-5-13(6-8-14)23(32)24-22(16-3-1-2-4-21(16)34-24)28-25(33)19-12-18(29-30-19)17-11-15(27)9-10-20(17)31/h1-12,31H,(H,28,33)(H,29,30). The number of carbonyl (C=O) groups excluding carboxylic acids is 2. The third-order valence-corrected chi connectivity index (χ3v) is 5.69. The number of hydrogen-bond acceptors (Lipinski definition) is 5. The SMILES string of the molecule is O=C(Nc1c(C(=O)c2ccc(Cl)cc2)oc2ccccc12)c1cc(-c2cc(Cl)ccc2O)n[nH]1. The molecule has 9 heteroatoms. The Balaban J connectivity index is 1.50. The van der Waals surface area contributed by atoms with Gasteiger partial charge in [-0.05, 0) is 60.7 Å². The third kappa shape index (κ3) is 4.03. The fourth-order valence-corrected chi connectivity index (χ4v) is 3.83. The van der Waals surface area contributed by atoms with Crippen LogP contribution in [0.5, 0.6) is 5.75 Å². The van der Waals surface area contributed by atoms with Crippen molar-refractivity contribution in [2.75, 3.05) is 5.32 Å². The van der Waals surface area contributed by atoms with Gasteiger partial charge in [-0.15, -0.1) is 0 Å². The number of hydrogen-bond donors (Lipinski definition) is 3. The minimum Gasteiger partial charge on any atom is -0.507 e. The van der Waals surface area contributed by atoms with Crippen LogP contribution in [-0.4, -0.2) is 27.0 Å². The first-order valence-electron chi connectivity index (χ1n) is 10.1. The Morgan fingerprint density at radius 1 is 0.941 bits per heavy atom. The van der Waals surface area contributed by atoms with Crippen molar-refractivity contribution in [3.63, 3.8) is 0 Å². The van der Waals surface area contributed by atoms with Gasteiger partial charge < -0.3 is 14.8 Å². The fourth-order valence-electron chi connectivity index (χ4n) is 3.53. The lowest BCUT2D eigenvalue weighted by molar-refractivity contribution is 0.101. The number of carbonyl (C=O) groups is 2. The molecule has 0 saturated carbocycles. The molecule has 3 aromatic carbocycles. The Morgan fingerprint density at radius 3 is 2.47 bits per heavy atom. The molecule has 0 spiro atoms. The number of halogens is 2. The molecule has 3 N–H and O–H groups in total. The number of amides is 1. The van der Waals surface area contributed by atoms with Crippen LogP contribution < -0.4 is 5.32 Å². The molecule has 7 nitrogen and oxygen atoms in total. The highest BCUT2D eigenvalue weighted by Gasteiger charge is 2.24. The van der Waals surface area contributed by atoms with E-state index in [1.54, 1.807) is 60.7 Å². The zero-order valence-corrected chi connectivity index (χ0v) is 18.8. The topological polar surface area (TPSA) is 108 Å². The summed E-state index contributed by atoms with van der Waals surface area (Å²) in [5.74, 6) is -0.988. The van der Waals surface area contributed by atoms with Crippen molar-refractivity contribution >= 4 is 51.5 Å². The number of furan rings is 1. The first kappa shape index (κ1) is 21.8. The van der Waals surface area contributed by atoms with Crippen molar-refractivity contribution < 1.29 is 19.1 Å². The molecule has 0 aliphatic carbocycles. The Bertz CT molecular complexity index is 1550. The maximum Gasteiger partial charge on any atom is 0.273 e. The van der Waals surface area contributed by atoms with Crippen molar-refractivity contribution in [1.82, 2.24) is 10.2 Å². The van der Waals surface area contributed by atoms with Crippen molar-refractivity contribution in [1.29, 1.82) is 0 Å². The number of rotatable bonds is 5. The zero-order valence-electron chi connectivity index (χ0n) is 17.3. The summed E-state index contributed by atoms with van der Waals surface area (Å²) in [6.07, 6.45) is 0. The third-order valence-electron chi connectivity index (χ3n) is 5.20. The van der Waals surface area contributed by atoms with Gasteiger partial charge in [-0.2, -0.15) is 5.10 Å². The summed E-state index contributed by atoms with van der Waals surface area (Å²) in [6.45, 7) is 0. The number of phenols is 1. The van der Waals surface area contributed by atoms with Gasteiger partial charge in [0.1, 0.15) is 17.0 Å². The number of H-pyrrole nitrogens is 1. The van der Waals surface area contributed by atoms with Gasteiger partial charge in [-0.1, -0.05) is 35.3 Å². The molecule has 2 aromatic heterocycles. The molecule has 0 atom stereocenters. The number of fused-ring (bicyclic) bond motifs is 1. The number of aromatic hydroxyl groups is 1. The molecule has 2 heterocycles. The van der Waals surface area contributed by atoms with Crippen LogP contribution in [0.25, 0.3) is 22.2 Å². The van der Waals surface area contributed by atoms with Gasteiger partial charge in [0.05, 0.1) is 11.4 Å². The predicted octanol–water partition coefficient (Wildman–Crippen LogP) is 6.32. The minimum atomic E-state index is -0.544. The van der Waals surface area contributed by atoms with E-state index in [0.29, 0.717) is 37.8 Å². The van der Waals surface area contributed by atoms with Gasteiger partial charge in [-0.3, -0.25) is 14.7 Å². The number of aromatic amines is 1. The van der Waals surface area contributed by atoms with E-state index in [9.17, 15) is 14.7 Å². The largest absolute Gasteiger partial charge is 0.507 e. The van der Waals surface area contributed by atoms with Crippen molar-refractivity contribution in [3.05, 3.63) is 99.9 Å². The molecule has 0 aliphatic rings. The normalized spacial score (nSPS) is 11.0. The maximum absolute atomic E-state index is 13.2. The number of para-hydroxylation sites is 1. The summed E-state index contributed by atoms with van der Waals surface area (Å²) in [4.78, 5) is 26.2. The molecule has 0 saturated heterocycles. The minimum absolute atomic E-state index is 0.0101. The highest BCUT2D eigenvalue weighted by atomic mass is 35.5. The van der Waals surface area contributed by atoms with Gasteiger partial charge in [-0.25, -0.2) is 0 Å². The van der Waals surface area contributed by atoms with Gasteiger partial charge in [0.2, 0.25) is 5.78 Å². The summed E-state index contributed by atoms with van der Waals surface area (Å²) >= 11 is 11.9. The second-order valence-electron chi connectivity index (χ2n) is 7.42. The van der Waals surface area contributed by atoms with Crippen LogP contribution in [0.4, 0.5) is 5.69 Å². The first-order valence-corrected chi connectivity index (χ1v) is 10.8. The van der Waals surface area contributed by atoms with Gasteiger partial charge in [0.15, 0.2) is 5.76 Å². The van der Waals surface area contributed by atoms with Crippen molar-refractivity contribution in [2.45, 2.75) is 0 Å². The molecular formula is C25H15Cl2N3O4. The van der Waals surface area contributed by atoms with Crippen LogP contribution in [0, 0.1) is 0 Å². The van der Waals surface area contributed by atoms with E-state index in [-0.39, 0.29) is 22.9 Å². The van der Waals surface area contributed by atoms with E-state index in [2.05, 4.69) is 15.5 Å². The number of nitrogens with one attached hydrogen (secondary N) is 2. The summed E-state index contributed by atoms with van der Waals surface area (Å²) in [5.41, 5.74) is 1.87. The lowest BCUT2D eigenvalue weighted by Crippen LogP contribution is -2.14. The van der Waals surface area contributed by atoms with Crippen LogP contribution in [0.15, 0.2) is 77.2 Å². The molecule has 5 rings (SSSR count). The monoisotopic (exact) mass is 491 g/mol. The number of phenolic OH excluding ortho intramolecular Hbond substituents is 1. The fraction of sp³-hybridized carbons (Fsp3) is 0. The van der Waals surface area contributed by atoms with Crippen LogP contribution in [0.2, 0.25) is 10.0 Å². The van der Waals surface area contributed by atoms with Crippen LogP contribution in [0.3, 0.4) is 0 Å². The summed E-state index contributed by atoms with van der Waals surface area (Å²) < 4.78 is 5.82. The number of anilines is 1. The summed E-state index contributed by atoms with van der Waals surface area (Å²) in [7, 11) is 0. The summed E-state index contributed by atoms with van der Waals surface area (Å²) in [6, 6.07) is 19.4. The Hall–Kier alpha value is -4.07. The smallest absolute Gasteiger partial charge is 0.273 e. The number of nitrogens with zero attached hydrogens (tertiary/aromatic N) is 1. The Labute approximate surface area is 202 Å². The first-order chi connectivity index (χ1) is 16.4. The van der Waals surface area contributed by atoms with E-state index in [0.717, 1.165) is 0 Å². The van der Waals surface area contributed by atoms with Crippen molar-refractivity contribution in [3.8, 4) is 17.0 Å². The molecule has 168 valence electrons. The second-order valence-corrected chi connectivity index (χ2v) is 8.29. The molecular weight excluding hydrogens is 477 g/mol. The molecule has 34 heavy (non-hydrogen) atoms. The Kier molecular flexibility index (Phi) is 5.57. The van der Waals surface area contributed by atoms with Gasteiger partial charge in [0.25, 0.3) is 5.91 Å². The quantitative estimate of drug-likeness (QED) is 0.249. The average Bonchev–Trinajstić information content (AvgIpc) is 3.46. The van der Waals surface area contributed by atoms with Crippen LogP contribution in [0.1, 0.15) is 26.6 Å². The predicted molar refractivity (Wildman–Crippen MR) is 130 cm³/mol. The zero-order chi connectivity index (χ0) is 23.8. The highest BCUT2D eigenvalue weighted by molar-refractivity contribution is 6.31. The van der Waals surface area contributed by atoms with E-state index in [1.807, 2.05) is 0 Å². The average molecular weight is 492 g/mol. The van der Waals surface area contributed by atoms with Crippen LogP contribution in [-0.2, 0) is 0 Å². The van der Waals surface area contributed by atoms with Gasteiger partial charge in [0, 0.05) is 26.6 Å². The lowest BCUT2D eigenvalue weighted by Gasteiger charge is -2.05. The van der Waals surface area contributed by atoms with Gasteiger partial charge >= 0.3 is 0 Å². The summed E-state index contributed by atoms with van der Waals surface area (Å²) in [5, 5.41) is 21.1. The van der Waals surface area contributed by atoms with E-state index in [4.69, 9.17) is 27.6 Å². The molecule has 0 aliphatic heterocycles. The van der Waals surface area contributed by atoms with E-state index >= 15 is 0 Å². The number of ketones is 1. The number of benzene rings is 3. The lowest BCUT2D eigenvalue weighted by atomic mass is 10.1. The number of aromatic nitrogens is 2. The molecule has 5 aromatic rings.